The van der Waals surface area contributed by atoms with E-state index < -0.39 is 12.1 Å². The van der Waals surface area contributed by atoms with E-state index in [1.165, 1.54) is 0 Å². The lowest BCUT2D eigenvalue weighted by Gasteiger charge is -2.02. The molecule has 0 aliphatic heterocycles. The van der Waals surface area contributed by atoms with Crippen LogP contribution in [0.5, 0.6) is 0 Å². The topological polar surface area (TPSA) is 57.5 Å². The number of aliphatic hydroxyl groups is 1. The van der Waals surface area contributed by atoms with Crippen molar-refractivity contribution in [3.63, 3.8) is 0 Å². The van der Waals surface area contributed by atoms with Crippen LogP contribution < -0.4 is 0 Å². The fourth-order valence-electron chi connectivity index (χ4n) is 1.25. The van der Waals surface area contributed by atoms with Crippen molar-refractivity contribution >= 4 is 5.97 Å². The molecule has 0 heterocycles. The maximum absolute atomic E-state index is 10.3. The van der Waals surface area contributed by atoms with E-state index in [9.17, 15) is 9.90 Å². The highest BCUT2D eigenvalue weighted by Gasteiger charge is 2.06. The summed E-state index contributed by atoms with van der Waals surface area (Å²) >= 11 is 0. The molecule has 0 aromatic carbocycles. The summed E-state index contributed by atoms with van der Waals surface area (Å²) in [5, 5.41) is 17.7. The number of carbonyl (C=O) groups is 1. The summed E-state index contributed by atoms with van der Waals surface area (Å²) in [6, 6.07) is 0. The van der Waals surface area contributed by atoms with Gasteiger partial charge in [0.05, 0.1) is 12.5 Å². The van der Waals surface area contributed by atoms with Gasteiger partial charge in [-0.15, -0.1) is 0 Å². The number of aliphatic carboxylic acids is 1. The fourth-order valence-corrected chi connectivity index (χ4v) is 1.25. The Morgan fingerprint density at radius 1 is 1.06 bits per heavy atom. The van der Waals surface area contributed by atoms with Gasteiger partial charge in [0.25, 0.3) is 0 Å². The minimum Gasteiger partial charge on any atom is -0.481 e. The Hall–Kier alpha value is -1.35. The van der Waals surface area contributed by atoms with Crippen molar-refractivity contribution in [2.75, 3.05) is 0 Å². The smallest absolute Gasteiger partial charge is 0.305 e. The van der Waals surface area contributed by atoms with Crippen LogP contribution in [0.2, 0.25) is 0 Å². The minimum absolute atomic E-state index is 0.192. The number of rotatable bonds is 9. The van der Waals surface area contributed by atoms with E-state index in [2.05, 4.69) is 31.2 Å². The van der Waals surface area contributed by atoms with Gasteiger partial charge < -0.3 is 10.2 Å². The maximum atomic E-state index is 10.3. The molecule has 0 saturated carbocycles. The molecule has 0 amide bonds. The van der Waals surface area contributed by atoms with Crippen molar-refractivity contribution in [2.24, 2.45) is 0 Å². The third-order valence-electron chi connectivity index (χ3n) is 2.10. The van der Waals surface area contributed by atoms with Gasteiger partial charge in [-0.2, -0.15) is 0 Å². The lowest BCUT2D eigenvalue weighted by molar-refractivity contribution is -0.139. The molecule has 0 aromatic rings. The van der Waals surface area contributed by atoms with Gasteiger partial charge in [0.1, 0.15) is 0 Å². The Morgan fingerprint density at radius 3 is 2.12 bits per heavy atom. The average Bonchev–Trinajstić information content (AvgIpc) is 2.26. The summed E-state index contributed by atoms with van der Waals surface area (Å²) in [5.74, 6) is -0.964. The summed E-state index contributed by atoms with van der Waals surface area (Å²) in [4.78, 5) is 10.3. The van der Waals surface area contributed by atoms with Gasteiger partial charge in [-0.05, 0) is 25.7 Å². The summed E-state index contributed by atoms with van der Waals surface area (Å²) in [5.41, 5.74) is 0. The first-order valence-corrected chi connectivity index (χ1v) is 6.01. The summed E-state index contributed by atoms with van der Waals surface area (Å²) in [6.45, 7) is 2.10. The van der Waals surface area contributed by atoms with Gasteiger partial charge in [-0.3, -0.25) is 4.79 Å². The van der Waals surface area contributed by atoms with Crippen molar-refractivity contribution in [3.8, 4) is 0 Å². The highest BCUT2D eigenvalue weighted by molar-refractivity contribution is 5.67. The van der Waals surface area contributed by atoms with Crippen LogP contribution >= 0.6 is 0 Å². The second kappa shape index (κ2) is 11.1. The molecule has 0 fully saturated rings. The predicted molar refractivity (Wildman–Crippen MR) is 69.8 cm³/mol. The molecule has 0 radical (unpaired) electrons. The monoisotopic (exact) mass is 238 g/mol. The molecule has 0 rings (SSSR count). The number of allylic oxidation sites excluding steroid dienone is 5. The molecule has 1 unspecified atom stereocenters. The van der Waals surface area contributed by atoms with Crippen molar-refractivity contribution in [3.05, 3.63) is 36.5 Å². The van der Waals surface area contributed by atoms with Gasteiger partial charge in [0.2, 0.25) is 0 Å². The number of hydrogen-bond donors (Lipinski definition) is 2. The summed E-state index contributed by atoms with van der Waals surface area (Å²) in [6.07, 6.45) is 14.4. The zero-order chi connectivity index (χ0) is 12.9. The maximum Gasteiger partial charge on any atom is 0.305 e. The number of hydrogen-bond acceptors (Lipinski definition) is 2. The third kappa shape index (κ3) is 12.6. The Bertz CT molecular complexity index is 277. The molecule has 17 heavy (non-hydrogen) atoms. The number of aliphatic hydroxyl groups excluding tert-OH is 1. The SMILES string of the molecule is CC/C=C\C/C=C\C/C=C\CC(O)CC(=O)O. The molecule has 0 spiro atoms. The first-order valence-electron chi connectivity index (χ1n) is 6.01. The van der Waals surface area contributed by atoms with E-state index in [0.717, 1.165) is 19.3 Å². The first kappa shape index (κ1) is 15.7. The van der Waals surface area contributed by atoms with Crippen LogP contribution in [0, 0.1) is 0 Å². The van der Waals surface area contributed by atoms with Crippen LogP contribution in [-0.2, 0) is 4.79 Å². The quantitative estimate of drug-likeness (QED) is 0.607. The van der Waals surface area contributed by atoms with Gasteiger partial charge in [-0.1, -0.05) is 43.4 Å². The van der Waals surface area contributed by atoms with Gasteiger partial charge in [0, 0.05) is 0 Å². The van der Waals surface area contributed by atoms with Crippen molar-refractivity contribution in [1.82, 2.24) is 0 Å². The Morgan fingerprint density at radius 2 is 1.59 bits per heavy atom. The standard InChI is InChI=1S/C14H22O3/c1-2-3-4-5-6-7-8-9-10-11-13(15)12-14(16)17/h3-4,6-7,9-10,13,15H,2,5,8,11-12H2,1H3,(H,16,17)/b4-3-,7-6-,10-9-. The van der Waals surface area contributed by atoms with E-state index in [1.54, 1.807) is 0 Å². The number of carboxylic acid groups (broad SMARTS) is 1. The van der Waals surface area contributed by atoms with Crippen molar-refractivity contribution < 1.29 is 15.0 Å². The Labute approximate surface area is 103 Å². The van der Waals surface area contributed by atoms with E-state index in [0.29, 0.717) is 6.42 Å². The van der Waals surface area contributed by atoms with Crippen LogP contribution in [-0.4, -0.2) is 22.3 Å². The minimum atomic E-state index is -0.964. The molecule has 0 aliphatic rings. The molecule has 0 aliphatic carbocycles. The summed E-state index contributed by atoms with van der Waals surface area (Å²) in [7, 11) is 0. The van der Waals surface area contributed by atoms with Crippen LogP contribution in [0.15, 0.2) is 36.5 Å². The zero-order valence-corrected chi connectivity index (χ0v) is 10.4. The highest BCUT2D eigenvalue weighted by Crippen LogP contribution is 2.00. The largest absolute Gasteiger partial charge is 0.481 e. The second-order valence-corrected chi connectivity index (χ2v) is 3.78. The van der Waals surface area contributed by atoms with Crippen LogP contribution in [0.3, 0.4) is 0 Å². The Balaban J connectivity index is 3.53. The molecule has 2 N–H and O–H groups in total. The zero-order valence-electron chi connectivity index (χ0n) is 10.4. The van der Waals surface area contributed by atoms with Crippen LogP contribution in [0.1, 0.15) is 39.0 Å². The predicted octanol–water partition coefficient (Wildman–Crippen LogP) is 3.07. The third-order valence-corrected chi connectivity index (χ3v) is 2.10. The first-order chi connectivity index (χ1) is 8.16. The van der Waals surface area contributed by atoms with Crippen LogP contribution in [0.25, 0.3) is 0 Å². The lowest BCUT2D eigenvalue weighted by atomic mass is 10.1. The summed E-state index contributed by atoms with van der Waals surface area (Å²) < 4.78 is 0. The molecule has 0 saturated heterocycles. The molecular weight excluding hydrogens is 216 g/mol. The van der Waals surface area contributed by atoms with E-state index in [4.69, 9.17) is 5.11 Å². The second-order valence-electron chi connectivity index (χ2n) is 3.78. The average molecular weight is 238 g/mol. The van der Waals surface area contributed by atoms with Gasteiger partial charge in [0.15, 0.2) is 0 Å². The molecule has 3 nitrogen and oxygen atoms in total. The Kier molecular flexibility index (Phi) is 10.3. The number of carboxylic acids is 1. The lowest BCUT2D eigenvalue weighted by Crippen LogP contribution is -2.11. The van der Waals surface area contributed by atoms with Gasteiger partial charge >= 0.3 is 5.97 Å². The van der Waals surface area contributed by atoms with E-state index >= 15 is 0 Å². The molecule has 0 aromatic heterocycles. The van der Waals surface area contributed by atoms with Gasteiger partial charge in [-0.25, -0.2) is 0 Å². The highest BCUT2D eigenvalue weighted by atomic mass is 16.4. The molecule has 0 bridgehead atoms. The molecule has 3 heteroatoms. The fraction of sp³-hybridized carbons (Fsp3) is 0.500. The molecular formula is C14H22O3. The van der Waals surface area contributed by atoms with Crippen molar-refractivity contribution in [2.45, 2.75) is 45.1 Å². The molecule has 1 atom stereocenters. The normalized spacial score (nSPS) is 14.0. The van der Waals surface area contributed by atoms with Crippen LogP contribution in [0.4, 0.5) is 0 Å². The molecule has 96 valence electrons. The van der Waals surface area contributed by atoms with Crippen molar-refractivity contribution in [1.29, 1.82) is 0 Å². The van der Waals surface area contributed by atoms with E-state index in [1.807, 2.05) is 12.2 Å². The van der Waals surface area contributed by atoms with E-state index in [-0.39, 0.29) is 6.42 Å².